The predicted molar refractivity (Wildman–Crippen MR) is 91.9 cm³/mol. The molecule has 1 atom stereocenters. The van der Waals surface area contributed by atoms with Crippen molar-refractivity contribution < 1.29 is 9.53 Å². The zero-order chi connectivity index (χ0) is 15.4. The molecule has 0 bridgehead atoms. The Balaban J connectivity index is 2.16. The van der Waals surface area contributed by atoms with Crippen LogP contribution in [0, 0.1) is 0 Å². The normalized spacial score (nSPS) is 19.3. The van der Waals surface area contributed by atoms with Crippen LogP contribution in [0.2, 0.25) is 0 Å². The number of methoxy groups -OCH3 is 1. The number of likely N-dealkylation sites (N-methyl/N-ethyl adjacent to an activating group) is 1. The Hall–Kier alpha value is -0.590. The number of hydrogen-bond donors (Lipinski definition) is 1. The molecule has 0 saturated carbocycles. The molecule has 1 saturated heterocycles. The number of ether oxygens (including phenoxy) is 1. The highest BCUT2D eigenvalue weighted by Crippen LogP contribution is 2.31. The lowest BCUT2D eigenvalue weighted by molar-refractivity contribution is 0.0601. The summed E-state index contributed by atoms with van der Waals surface area (Å²) in [6, 6.07) is 4.21. The molecule has 0 aromatic heterocycles. The Labute approximate surface area is 142 Å². The third-order valence-corrected chi connectivity index (χ3v) is 4.98. The zero-order valence-corrected chi connectivity index (χ0v) is 15.5. The summed E-state index contributed by atoms with van der Waals surface area (Å²) in [6.07, 6.45) is 3.72. The van der Waals surface area contributed by atoms with E-state index in [-0.39, 0.29) is 5.97 Å². The zero-order valence-electron chi connectivity index (χ0n) is 12.3. The van der Waals surface area contributed by atoms with Crippen LogP contribution in [0.15, 0.2) is 21.1 Å². The molecular weight excluding hydrogens is 400 g/mol. The molecule has 4 nitrogen and oxygen atoms in total. The van der Waals surface area contributed by atoms with Crippen LogP contribution in [0.5, 0.6) is 0 Å². The lowest BCUT2D eigenvalue weighted by Crippen LogP contribution is -2.41. The van der Waals surface area contributed by atoms with E-state index in [1.165, 1.54) is 26.4 Å². The maximum atomic E-state index is 11.9. The molecule has 1 fully saturated rings. The van der Waals surface area contributed by atoms with Gasteiger partial charge < -0.3 is 15.0 Å². The second-order valence-electron chi connectivity index (χ2n) is 5.31. The molecule has 6 heteroatoms. The average molecular weight is 420 g/mol. The van der Waals surface area contributed by atoms with Crippen LogP contribution in [0.3, 0.4) is 0 Å². The van der Waals surface area contributed by atoms with E-state index in [0.29, 0.717) is 11.6 Å². The average Bonchev–Trinajstić information content (AvgIpc) is 2.46. The minimum absolute atomic E-state index is 0.337. The highest BCUT2D eigenvalue weighted by molar-refractivity contribution is 9.11. The Kier molecular flexibility index (Phi) is 6.08. The predicted octanol–water partition coefficient (Wildman–Crippen LogP) is 3.89. The molecule has 2 rings (SSSR count). The summed E-state index contributed by atoms with van der Waals surface area (Å²) < 4.78 is 6.57. The van der Waals surface area contributed by atoms with Gasteiger partial charge in [-0.3, -0.25) is 0 Å². The Morgan fingerprint density at radius 3 is 2.86 bits per heavy atom. The van der Waals surface area contributed by atoms with Crippen molar-refractivity contribution in [1.82, 2.24) is 4.90 Å². The first-order valence-corrected chi connectivity index (χ1v) is 8.63. The van der Waals surface area contributed by atoms with E-state index in [1.54, 1.807) is 6.07 Å². The number of nitrogens with zero attached hydrogens (tertiary/aromatic N) is 1. The van der Waals surface area contributed by atoms with Crippen LogP contribution in [-0.2, 0) is 4.74 Å². The molecular formula is C15H20Br2N2O2. The molecule has 1 aromatic carbocycles. The fourth-order valence-corrected chi connectivity index (χ4v) is 4.01. The van der Waals surface area contributed by atoms with Gasteiger partial charge in [-0.25, -0.2) is 4.79 Å². The third-order valence-electron chi connectivity index (χ3n) is 3.90. The van der Waals surface area contributed by atoms with E-state index < -0.39 is 0 Å². The molecule has 0 amide bonds. The Morgan fingerprint density at radius 2 is 2.19 bits per heavy atom. The summed E-state index contributed by atoms with van der Waals surface area (Å²) in [4.78, 5) is 14.3. The van der Waals surface area contributed by atoms with Gasteiger partial charge in [-0.05, 0) is 54.5 Å². The van der Waals surface area contributed by atoms with E-state index in [0.717, 1.165) is 27.7 Å². The summed E-state index contributed by atoms with van der Waals surface area (Å²) >= 11 is 6.93. The van der Waals surface area contributed by atoms with Gasteiger partial charge in [0.1, 0.15) is 0 Å². The summed E-state index contributed by atoms with van der Waals surface area (Å²) in [5.41, 5.74) is 1.33. The second-order valence-corrected chi connectivity index (χ2v) is 7.08. The van der Waals surface area contributed by atoms with Gasteiger partial charge in [0.05, 0.1) is 18.4 Å². The number of anilines is 1. The van der Waals surface area contributed by atoms with Crippen molar-refractivity contribution in [2.45, 2.75) is 25.3 Å². The van der Waals surface area contributed by atoms with E-state index in [4.69, 9.17) is 4.74 Å². The number of carbonyl (C=O) groups excluding carboxylic acids is 1. The van der Waals surface area contributed by atoms with E-state index in [2.05, 4.69) is 49.1 Å². The molecule has 0 aliphatic carbocycles. The minimum Gasteiger partial charge on any atom is -0.465 e. The van der Waals surface area contributed by atoms with Crippen molar-refractivity contribution >= 4 is 43.5 Å². The highest BCUT2D eigenvalue weighted by atomic mass is 79.9. The van der Waals surface area contributed by atoms with Crippen LogP contribution in [0.1, 0.15) is 29.6 Å². The number of piperidine rings is 1. The fourth-order valence-electron chi connectivity index (χ4n) is 2.65. The van der Waals surface area contributed by atoms with Crippen molar-refractivity contribution in [1.29, 1.82) is 0 Å². The van der Waals surface area contributed by atoms with E-state index >= 15 is 0 Å². The molecule has 0 radical (unpaired) electrons. The topological polar surface area (TPSA) is 41.6 Å². The van der Waals surface area contributed by atoms with Crippen molar-refractivity contribution in [3.8, 4) is 0 Å². The van der Waals surface area contributed by atoms with Gasteiger partial charge in [0.2, 0.25) is 0 Å². The molecule has 0 spiro atoms. The van der Waals surface area contributed by atoms with Gasteiger partial charge >= 0.3 is 5.97 Å². The van der Waals surface area contributed by atoms with Gasteiger partial charge in [-0.15, -0.1) is 0 Å². The first-order chi connectivity index (χ1) is 10.0. The summed E-state index contributed by atoms with van der Waals surface area (Å²) in [7, 11) is 3.55. The number of hydrogen-bond acceptors (Lipinski definition) is 4. The molecule has 1 N–H and O–H groups in total. The molecule has 21 heavy (non-hydrogen) atoms. The summed E-state index contributed by atoms with van der Waals surface area (Å²) in [5, 5.41) is 3.41. The fraction of sp³-hybridized carbons (Fsp3) is 0.533. The largest absolute Gasteiger partial charge is 0.465 e. The highest BCUT2D eigenvalue weighted by Gasteiger charge is 2.21. The van der Waals surface area contributed by atoms with Crippen LogP contribution in [-0.4, -0.2) is 44.2 Å². The van der Waals surface area contributed by atoms with Crippen molar-refractivity contribution in [2.24, 2.45) is 0 Å². The van der Waals surface area contributed by atoms with Crippen molar-refractivity contribution in [2.75, 3.05) is 32.6 Å². The number of carbonyl (C=O) groups is 1. The van der Waals surface area contributed by atoms with Gasteiger partial charge in [0.15, 0.2) is 0 Å². The number of nitrogens with one attached hydrogen (secondary N) is 1. The SMILES string of the molecule is COC(=O)c1cc(Br)cc(Br)c1NCC1CCCCN1C. The molecule has 1 aliphatic heterocycles. The van der Waals surface area contributed by atoms with Gasteiger partial charge in [-0.2, -0.15) is 0 Å². The quantitative estimate of drug-likeness (QED) is 0.751. The van der Waals surface area contributed by atoms with Crippen LogP contribution in [0.25, 0.3) is 0 Å². The van der Waals surface area contributed by atoms with Crippen LogP contribution < -0.4 is 5.32 Å². The smallest absolute Gasteiger partial charge is 0.340 e. The lowest BCUT2D eigenvalue weighted by Gasteiger charge is -2.33. The van der Waals surface area contributed by atoms with Crippen molar-refractivity contribution in [3.05, 3.63) is 26.6 Å². The summed E-state index contributed by atoms with van der Waals surface area (Å²) in [6.45, 7) is 1.96. The number of rotatable bonds is 4. The van der Waals surface area contributed by atoms with Gasteiger partial charge in [0, 0.05) is 21.5 Å². The molecule has 1 aromatic rings. The monoisotopic (exact) mass is 418 g/mol. The molecule has 1 aliphatic rings. The Bertz CT molecular complexity index is 523. The molecule has 1 unspecified atom stereocenters. The van der Waals surface area contributed by atoms with Crippen molar-refractivity contribution in [3.63, 3.8) is 0 Å². The lowest BCUT2D eigenvalue weighted by atomic mass is 10.0. The van der Waals surface area contributed by atoms with Crippen LogP contribution >= 0.6 is 31.9 Å². The van der Waals surface area contributed by atoms with Gasteiger partial charge in [-0.1, -0.05) is 22.4 Å². The maximum Gasteiger partial charge on any atom is 0.340 e. The standard InChI is InChI=1S/C15H20Br2N2O2/c1-19-6-4-3-5-11(19)9-18-14-12(15(20)21-2)7-10(16)8-13(14)17/h7-8,11,18H,3-6,9H2,1-2H3. The number of benzene rings is 1. The minimum atomic E-state index is -0.337. The second kappa shape index (κ2) is 7.61. The van der Waals surface area contributed by atoms with Crippen LogP contribution in [0.4, 0.5) is 5.69 Å². The van der Waals surface area contributed by atoms with Gasteiger partial charge in [0.25, 0.3) is 0 Å². The third kappa shape index (κ3) is 4.20. The Morgan fingerprint density at radius 1 is 1.43 bits per heavy atom. The van der Waals surface area contributed by atoms with E-state index in [1.807, 2.05) is 6.07 Å². The number of halogens is 2. The molecule has 1 heterocycles. The number of likely N-dealkylation sites (tertiary alicyclic amines) is 1. The first-order valence-electron chi connectivity index (χ1n) is 7.04. The number of esters is 1. The van der Waals surface area contributed by atoms with E-state index in [9.17, 15) is 4.79 Å². The molecule has 116 valence electrons. The maximum absolute atomic E-state index is 11.9. The summed E-state index contributed by atoms with van der Waals surface area (Å²) in [5.74, 6) is -0.337. The first kappa shape index (κ1) is 16.8.